The molecule has 0 atom stereocenters. The Morgan fingerprint density at radius 3 is 2.82 bits per heavy atom. The fourth-order valence-corrected chi connectivity index (χ4v) is 2.65. The molecule has 0 spiro atoms. The third kappa shape index (κ3) is 3.23. The highest BCUT2D eigenvalue weighted by Crippen LogP contribution is 2.27. The van der Waals surface area contributed by atoms with Gasteiger partial charge in [0.2, 0.25) is 0 Å². The zero-order chi connectivity index (χ0) is 15.4. The lowest BCUT2D eigenvalue weighted by atomic mass is 10.3. The predicted molar refractivity (Wildman–Crippen MR) is 88.8 cm³/mol. The Hall–Kier alpha value is -2.47. The van der Waals surface area contributed by atoms with Gasteiger partial charge in [-0.05, 0) is 37.6 Å². The molecule has 0 bridgehead atoms. The van der Waals surface area contributed by atoms with Crippen molar-refractivity contribution < 1.29 is 4.74 Å². The zero-order valence-electron chi connectivity index (χ0n) is 12.4. The van der Waals surface area contributed by atoms with Crippen LogP contribution in [0.3, 0.4) is 0 Å². The van der Waals surface area contributed by atoms with E-state index in [9.17, 15) is 0 Å². The van der Waals surface area contributed by atoms with Gasteiger partial charge in [0, 0.05) is 11.6 Å². The summed E-state index contributed by atoms with van der Waals surface area (Å²) in [6, 6.07) is 7.74. The van der Waals surface area contributed by atoms with Gasteiger partial charge in [-0.3, -0.25) is 4.98 Å². The number of hydrogen-bond donors (Lipinski definition) is 1. The van der Waals surface area contributed by atoms with E-state index in [0.29, 0.717) is 6.61 Å². The third-order valence-corrected chi connectivity index (χ3v) is 3.81. The van der Waals surface area contributed by atoms with E-state index in [1.165, 1.54) is 11.3 Å². The van der Waals surface area contributed by atoms with E-state index in [2.05, 4.69) is 20.3 Å². The number of nitrogens with one attached hydrogen (secondary N) is 1. The molecule has 0 aliphatic heterocycles. The van der Waals surface area contributed by atoms with E-state index in [4.69, 9.17) is 4.74 Å². The fourth-order valence-electron chi connectivity index (χ4n) is 1.95. The second-order valence-corrected chi connectivity index (χ2v) is 5.50. The molecule has 3 aromatic rings. The number of ether oxygens (including phenoxy) is 1. The van der Waals surface area contributed by atoms with Crippen molar-refractivity contribution in [2.45, 2.75) is 13.8 Å². The van der Waals surface area contributed by atoms with Gasteiger partial charge in [-0.25, -0.2) is 9.97 Å². The van der Waals surface area contributed by atoms with E-state index in [0.717, 1.165) is 33.7 Å². The SMILES string of the molecule is CCOc1ccc(-c2csc(Nc3ncccc3C)n2)nc1. The van der Waals surface area contributed by atoms with Gasteiger partial charge in [-0.15, -0.1) is 11.3 Å². The Morgan fingerprint density at radius 1 is 1.18 bits per heavy atom. The molecule has 22 heavy (non-hydrogen) atoms. The lowest BCUT2D eigenvalue weighted by Crippen LogP contribution is -1.95. The zero-order valence-corrected chi connectivity index (χ0v) is 13.2. The van der Waals surface area contributed by atoms with Crippen molar-refractivity contribution in [3.8, 4) is 17.1 Å². The van der Waals surface area contributed by atoms with Crippen LogP contribution in [0.5, 0.6) is 5.75 Å². The average molecular weight is 312 g/mol. The van der Waals surface area contributed by atoms with Crippen molar-refractivity contribution in [1.82, 2.24) is 15.0 Å². The molecule has 0 aromatic carbocycles. The molecule has 3 aromatic heterocycles. The second kappa shape index (κ2) is 6.53. The molecule has 0 amide bonds. The molecule has 0 saturated heterocycles. The molecule has 3 heterocycles. The molecular weight excluding hydrogens is 296 g/mol. The van der Waals surface area contributed by atoms with Crippen molar-refractivity contribution in [3.05, 3.63) is 47.6 Å². The Labute approximate surface area is 133 Å². The maximum atomic E-state index is 5.39. The first-order valence-electron chi connectivity index (χ1n) is 6.99. The van der Waals surface area contributed by atoms with Crippen molar-refractivity contribution in [3.63, 3.8) is 0 Å². The smallest absolute Gasteiger partial charge is 0.188 e. The number of nitrogens with zero attached hydrogens (tertiary/aromatic N) is 3. The molecule has 112 valence electrons. The van der Waals surface area contributed by atoms with Crippen LogP contribution in [0.4, 0.5) is 10.9 Å². The molecule has 0 radical (unpaired) electrons. The number of aromatic nitrogens is 3. The summed E-state index contributed by atoms with van der Waals surface area (Å²) < 4.78 is 5.39. The monoisotopic (exact) mass is 312 g/mol. The largest absolute Gasteiger partial charge is 0.492 e. The molecule has 0 saturated carbocycles. The third-order valence-electron chi connectivity index (χ3n) is 3.05. The summed E-state index contributed by atoms with van der Waals surface area (Å²) in [7, 11) is 0. The predicted octanol–water partition coefficient (Wildman–Crippen LogP) is 4.05. The highest BCUT2D eigenvalue weighted by molar-refractivity contribution is 7.14. The summed E-state index contributed by atoms with van der Waals surface area (Å²) in [5.74, 6) is 1.59. The molecule has 5 nitrogen and oxygen atoms in total. The molecule has 0 aliphatic carbocycles. The average Bonchev–Trinajstić information content (AvgIpc) is 2.99. The van der Waals surface area contributed by atoms with Gasteiger partial charge in [-0.1, -0.05) is 6.07 Å². The summed E-state index contributed by atoms with van der Waals surface area (Å²) in [5, 5.41) is 6.01. The maximum Gasteiger partial charge on any atom is 0.188 e. The van der Waals surface area contributed by atoms with Gasteiger partial charge in [-0.2, -0.15) is 0 Å². The number of pyridine rings is 2. The van der Waals surface area contributed by atoms with Crippen molar-refractivity contribution in [2.75, 3.05) is 11.9 Å². The number of thiazole rings is 1. The van der Waals surface area contributed by atoms with E-state index in [1.54, 1.807) is 12.4 Å². The van der Waals surface area contributed by atoms with Crippen LogP contribution in [0.2, 0.25) is 0 Å². The first-order chi connectivity index (χ1) is 10.8. The van der Waals surface area contributed by atoms with Crippen LogP contribution >= 0.6 is 11.3 Å². The van der Waals surface area contributed by atoms with E-state index >= 15 is 0 Å². The standard InChI is InChI=1S/C16H16N4OS/c1-3-21-12-6-7-13(18-9-12)14-10-22-16(19-14)20-15-11(2)5-4-8-17-15/h4-10H,3H2,1-2H3,(H,17,19,20). The quantitative estimate of drug-likeness (QED) is 0.770. The second-order valence-electron chi connectivity index (χ2n) is 4.64. The van der Waals surface area contributed by atoms with Crippen LogP contribution in [0.1, 0.15) is 12.5 Å². The van der Waals surface area contributed by atoms with Crippen LogP contribution in [0, 0.1) is 6.92 Å². The topological polar surface area (TPSA) is 59.9 Å². The summed E-state index contributed by atoms with van der Waals surface area (Å²) >= 11 is 1.53. The number of hydrogen-bond acceptors (Lipinski definition) is 6. The minimum Gasteiger partial charge on any atom is -0.492 e. The van der Waals surface area contributed by atoms with Gasteiger partial charge >= 0.3 is 0 Å². The van der Waals surface area contributed by atoms with Crippen LogP contribution in [-0.4, -0.2) is 21.6 Å². The Morgan fingerprint density at radius 2 is 2.09 bits per heavy atom. The molecule has 0 unspecified atom stereocenters. The molecule has 3 rings (SSSR count). The van der Waals surface area contributed by atoms with Crippen LogP contribution in [0.15, 0.2) is 42.0 Å². The minimum atomic E-state index is 0.634. The number of aryl methyl sites for hydroxylation is 1. The summed E-state index contributed by atoms with van der Waals surface area (Å²) in [6.45, 7) is 4.60. The first-order valence-corrected chi connectivity index (χ1v) is 7.87. The van der Waals surface area contributed by atoms with Gasteiger partial charge in [0.25, 0.3) is 0 Å². The maximum absolute atomic E-state index is 5.39. The highest BCUT2D eigenvalue weighted by Gasteiger charge is 2.08. The summed E-state index contributed by atoms with van der Waals surface area (Å²) in [6.07, 6.45) is 3.48. The van der Waals surface area contributed by atoms with Gasteiger partial charge < -0.3 is 10.1 Å². The summed E-state index contributed by atoms with van der Waals surface area (Å²) in [4.78, 5) is 13.2. The lowest BCUT2D eigenvalue weighted by Gasteiger charge is -2.04. The van der Waals surface area contributed by atoms with Crippen molar-refractivity contribution >= 4 is 22.3 Å². The molecule has 0 aliphatic rings. The lowest BCUT2D eigenvalue weighted by molar-refractivity contribution is 0.339. The first kappa shape index (κ1) is 14.5. The summed E-state index contributed by atoms with van der Waals surface area (Å²) in [5.41, 5.74) is 2.74. The highest BCUT2D eigenvalue weighted by atomic mass is 32.1. The minimum absolute atomic E-state index is 0.634. The van der Waals surface area contributed by atoms with Gasteiger partial charge in [0.1, 0.15) is 17.3 Å². The Balaban J connectivity index is 1.77. The Bertz CT molecular complexity index is 755. The molecule has 6 heteroatoms. The van der Waals surface area contributed by atoms with E-state index < -0.39 is 0 Å². The van der Waals surface area contributed by atoms with Crippen LogP contribution < -0.4 is 10.1 Å². The van der Waals surface area contributed by atoms with E-state index in [-0.39, 0.29) is 0 Å². The molecular formula is C16H16N4OS. The fraction of sp³-hybridized carbons (Fsp3) is 0.188. The number of anilines is 2. The van der Waals surface area contributed by atoms with Crippen molar-refractivity contribution in [2.24, 2.45) is 0 Å². The normalized spacial score (nSPS) is 10.5. The Kier molecular flexibility index (Phi) is 4.29. The van der Waals surface area contributed by atoms with Crippen molar-refractivity contribution in [1.29, 1.82) is 0 Å². The number of rotatable bonds is 5. The van der Waals surface area contributed by atoms with Gasteiger partial charge in [0.15, 0.2) is 5.13 Å². The molecule has 1 N–H and O–H groups in total. The molecule has 0 fully saturated rings. The van der Waals surface area contributed by atoms with Crippen LogP contribution in [0.25, 0.3) is 11.4 Å². The van der Waals surface area contributed by atoms with Gasteiger partial charge in [0.05, 0.1) is 18.5 Å². The van der Waals surface area contributed by atoms with E-state index in [1.807, 2.05) is 43.5 Å². The van der Waals surface area contributed by atoms with Crippen LogP contribution in [-0.2, 0) is 0 Å².